The number of halogens is 1. The summed E-state index contributed by atoms with van der Waals surface area (Å²) in [6.45, 7) is 4.83. The molecule has 176 valence electrons. The van der Waals surface area contributed by atoms with Crippen LogP contribution in [-0.4, -0.2) is 57.1 Å². The van der Waals surface area contributed by atoms with E-state index in [1.807, 2.05) is 61.5 Å². The molecule has 1 amide bonds. The number of amides is 1. The van der Waals surface area contributed by atoms with Crippen LogP contribution in [0.15, 0.2) is 59.6 Å². The van der Waals surface area contributed by atoms with Gasteiger partial charge in [0.25, 0.3) is 0 Å². The molecule has 0 saturated carbocycles. The highest BCUT2D eigenvalue weighted by molar-refractivity contribution is 14.0. The third-order valence-electron chi connectivity index (χ3n) is 4.42. The van der Waals surface area contributed by atoms with Crippen LogP contribution in [0.5, 0.6) is 11.5 Å². The maximum absolute atomic E-state index is 11.7. The Kier molecular flexibility index (Phi) is 13.9. The summed E-state index contributed by atoms with van der Waals surface area (Å²) >= 11 is 0. The normalized spacial score (nSPS) is 10.7. The molecule has 0 aliphatic rings. The zero-order valence-corrected chi connectivity index (χ0v) is 21.5. The second kappa shape index (κ2) is 16.2. The summed E-state index contributed by atoms with van der Waals surface area (Å²) in [4.78, 5) is 17.5. The Morgan fingerprint density at radius 2 is 1.59 bits per heavy atom. The van der Waals surface area contributed by atoms with E-state index in [2.05, 4.69) is 15.6 Å². The molecule has 2 aromatic carbocycles. The molecular weight excluding hydrogens is 519 g/mol. The summed E-state index contributed by atoms with van der Waals surface area (Å²) < 4.78 is 11.6. The molecule has 2 aromatic rings. The summed E-state index contributed by atoms with van der Waals surface area (Å²) in [5, 5.41) is 6.39. The molecular formula is C24H35IN4O3. The van der Waals surface area contributed by atoms with Crippen molar-refractivity contribution in [3.63, 3.8) is 0 Å². The molecule has 0 aromatic heterocycles. The van der Waals surface area contributed by atoms with Gasteiger partial charge in [0.15, 0.2) is 5.96 Å². The van der Waals surface area contributed by atoms with Crippen molar-refractivity contribution < 1.29 is 14.3 Å². The van der Waals surface area contributed by atoms with Crippen LogP contribution in [0.25, 0.3) is 0 Å². The molecule has 2 rings (SSSR count). The minimum atomic E-state index is -0.0258. The predicted molar refractivity (Wildman–Crippen MR) is 140 cm³/mol. The lowest BCUT2D eigenvalue weighted by Gasteiger charge is -2.13. The molecule has 2 N–H and O–H groups in total. The number of rotatable bonds is 12. The van der Waals surface area contributed by atoms with Crippen LogP contribution >= 0.6 is 24.0 Å². The number of likely N-dealkylation sites (N-methyl/N-ethyl adjacent to an activating group) is 1. The van der Waals surface area contributed by atoms with Crippen LogP contribution in [0, 0.1) is 0 Å². The minimum Gasteiger partial charge on any atom is -0.494 e. The average Bonchev–Trinajstić information content (AvgIpc) is 2.79. The number of hydrogen-bond acceptors (Lipinski definition) is 4. The monoisotopic (exact) mass is 554 g/mol. The van der Waals surface area contributed by atoms with Crippen LogP contribution < -0.4 is 20.1 Å². The Balaban J connectivity index is 0.00000512. The van der Waals surface area contributed by atoms with Crippen LogP contribution in [0.3, 0.4) is 0 Å². The van der Waals surface area contributed by atoms with Crippen molar-refractivity contribution in [2.75, 3.05) is 40.3 Å². The average molecular weight is 554 g/mol. The van der Waals surface area contributed by atoms with E-state index < -0.39 is 0 Å². The molecule has 0 unspecified atom stereocenters. The number of hydrogen-bond donors (Lipinski definition) is 2. The van der Waals surface area contributed by atoms with E-state index in [0.29, 0.717) is 19.2 Å². The molecule has 8 heteroatoms. The van der Waals surface area contributed by atoms with Gasteiger partial charge in [0, 0.05) is 27.2 Å². The van der Waals surface area contributed by atoms with Gasteiger partial charge in [0.1, 0.15) is 24.7 Å². The predicted octanol–water partition coefficient (Wildman–Crippen LogP) is 3.69. The van der Waals surface area contributed by atoms with Gasteiger partial charge in [-0.05, 0) is 49.6 Å². The molecule has 0 bridgehead atoms. The summed E-state index contributed by atoms with van der Waals surface area (Å²) in [6.07, 6.45) is 1.85. The fourth-order valence-electron chi connectivity index (χ4n) is 2.63. The summed E-state index contributed by atoms with van der Waals surface area (Å²) in [6, 6.07) is 17.8. The maximum Gasteiger partial charge on any atom is 0.243 e. The number of aliphatic imine (C=N–C) groups is 1. The van der Waals surface area contributed by atoms with Crippen molar-refractivity contribution in [1.29, 1.82) is 0 Å². The molecule has 0 spiro atoms. The number of benzene rings is 2. The van der Waals surface area contributed by atoms with Crippen molar-refractivity contribution in [3.8, 4) is 11.5 Å². The first kappa shape index (κ1) is 27.5. The first-order valence-corrected chi connectivity index (χ1v) is 10.7. The van der Waals surface area contributed by atoms with Gasteiger partial charge in [-0.15, -0.1) is 24.0 Å². The van der Waals surface area contributed by atoms with Crippen molar-refractivity contribution in [3.05, 3.63) is 60.2 Å². The zero-order chi connectivity index (χ0) is 22.3. The zero-order valence-electron chi connectivity index (χ0n) is 19.2. The molecule has 0 fully saturated rings. The molecule has 0 atom stereocenters. The number of carbonyl (C=O) groups is 1. The van der Waals surface area contributed by atoms with E-state index in [4.69, 9.17) is 9.47 Å². The molecule has 0 heterocycles. The Morgan fingerprint density at radius 3 is 2.22 bits per heavy atom. The summed E-state index contributed by atoms with van der Waals surface area (Å²) in [5.74, 6) is 2.28. The molecule has 7 nitrogen and oxygen atoms in total. The molecule has 0 aliphatic carbocycles. The maximum atomic E-state index is 11.7. The number of unbranched alkanes of at least 4 members (excludes halogenated alkanes) is 1. The molecule has 0 aliphatic heterocycles. The fourth-order valence-corrected chi connectivity index (χ4v) is 2.63. The van der Waals surface area contributed by atoms with E-state index in [1.165, 1.54) is 4.90 Å². The lowest BCUT2D eigenvalue weighted by Crippen LogP contribution is -2.38. The van der Waals surface area contributed by atoms with E-state index in [0.717, 1.165) is 43.0 Å². The van der Waals surface area contributed by atoms with Crippen molar-refractivity contribution in [1.82, 2.24) is 15.5 Å². The van der Waals surface area contributed by atoms with Crippen molar-refractivity contribution in [2.24, 2.45) is 4.99 Å². The highest BCUT2D eigenvalue weighted by atomic mass is 127. The Bertz CT molecular complexity index is 799. The Hall–Kier alpha value is -2.49. The SMILES string of the molecule is CCNC(=NCC(=O)N(C)C)NCCCCOc1ccc(OCc2ccccc2)cc1.I. The van der Waals surface area contributed by atoms with Crippen LogP contribution in [0.1, 0.15) is 25.3 Å². The molecule has 0 saturated heterocycles. The number of guanidine groups is 1. The number of ether oxygens (including phenoxy) is 2. The topological polar surface area (TPSA) is 75.2 Å². The number of nitrogens with one attached hydrogen (secondary N) is 2. The first-order chi connectivity index (χ1) is 15.1. The van der Waals surface area contributed by atoms with E-state index in [-0.39, 0.29) is 36.4 Å². The van der Waals surface area contributed by atoms with Crippen molar-refractivity contribution >= 4 is 35.8 Å². The van der Waals surface area contributed by atoms with Gasteiger partial charge in [0.2, 0.25) is 5.91 Å². The van der Waals surface area contributed by atoms with E-state index >= 15 is 0 Å². The first-order valence-electron chi connectivity index (χ1n) is 10.7. The van der Waals surface area contributed by atoms with E-state index in [9.17, 15) is 4.79 Å². The lowest BCUT2D eigenvalue weighted by atomic mass is 10.2. The van der Waals surface area contributed by atoms with Gasteiger partial charge in [-0.3, -0.25) is 4.79 Å². The Morgan fingerprint density at radius 1 is 0.938 bits per heavy atom. The highest BCUT2D eigenvalue weighted by Crippen LogP contribution is 2.19. The number of carbonyl (C=O) groups excluding carboxylic acids is 1. The van der Waals surface area contributed by atoms with Crippen molar-refractivity contribution in [2.45, 2.75) is 26.4 Å². The molecule has 0 radical (unpaired) electrons. The third kappa shape index (κ3) is 11.2. The minimum absolute atomic E-state index is 0. The van der Waals surface area contributed by atoms with Crippen LogP contribution in [0.2, 0.25) is 0 Å². The highest BCUT2D eigenvalue weighted by Gasteiger charge is 2.04. The van der Waals surface area contributed by atoms with E-state index in [1.54, 1.807) is 14.1 Å². The summed E-state index contributed by atoms with van der Waals surface area (Å²) in [5.41, 5.74) is 1.14. The Labute approximate surface area is 208 Å². The van der Waals surface area contributed by atoms with Gasteiger partial charge in [-0.2, -0.15) is 0 Å². The van der Waals surface area contributed by atoms with Gasteiger partial charge < -0.3 is 25.0 Å². The van der Waals surface area contributed by atoms with Gasteiger partial charge in [-0.25, -0.2) is 4.99 Å². The molecule has 32 heavy (non-hydrogen) atoms. The van der Waals surface area contributed by atoms with Gasteiger partial charge in [0.05, 0.1) is 6.61 Å². The lowest BCUT2D eigenvalue weighted by molar-refractivity contribution is -0.127. The second-order valence-electron chi connectivity index (χ2n) is 7.21. The van der Waals surface area contributed by atoms with Crippen LogP contribution in [-0.2, 0) is 11.4 Å². The summed E-state index contributed by atoms with van der Waals surface area (Å²) in [7, 11) is 3.45. The smallest absolute Gasteiger partial charge is 0.243 e. The largest absolute Gasteiger partial charge is 0.494 e. The van der Waals surface area contributed by atoms with Gasteiger partial charge in [-0.1, -0.05) is 30.3 Å². The van der Waals surface area contributed by atoms with Gasteiger partial charge >= 0.3 is 0 Å². The quantitative estimate of drug-likeness (QED) is 0.181. The number of nitrogens with zero attached hydrogens (tertiary/aromatic N) is 2. The third-order valence-corrected chi connectivity index (χ3v) is 4.42. The van der Waals surface area contributed by atoms with Crippen LogP contribution in [0.4, 0.5) is 0 Å². The second-order valence-corrected chi connectivity index (χ2v) is 7.21. The standard InChI is InChI=1S/C24H34N4O3.HI/c1-4-25-24(27-18-23(29)28(2)3)26-16-8-9-17-30-21-12-14-22(15-13-21)31-19-20-10-6-5-7-11-20;/h5-7,10-15H,4,8-9,16-19H2,1-3H3,(H2,25,26,27);1H. The fraction of sp³-hybridized carbons (Fsp3) is 0.417.